The molecule has 2 heteroatoms. The summed E-state index contributed by atoms with van der Waals surface area (Å²) in [6.07, 6.45) is 1.94. The van der Waals surface area contributed by atoms with Gasteiger partial charge in [0.05, 0.1) is 0 Å². The summed E-state index contributed by atoms with van der Waals surface area (Å²) in [6.45, 7) is 12.0. The molecule has 1 aliphatic rings. The Balaban J connectivity index is 0. The Hall–Kier alpha value is -1.18. The second kappa shape index (κ2) is 9.82. The highest BCUT2D eigenvalue weighted by molar-refractivity contribution is 5.92. The number of carbonyl (C=O) groups excluding carboxylic acids is 2. The second-order valence-electron chi connectivity index (χ2n) is 2.08. The zero-order valence-electron chi connectivity index (χ0n) is 7.47. The standard InChI is InChI=1S/C6H8O2.2C2H4/c7-5-1-2-6(8)4-3-5;2*1-2/h1-4H2;2*1-2H2. The van der Waals surface area contributed by atoms with Crippen molar-refractivity contribution in [3.63, 3.8) is 0 Å². The predicted molar refractivity (Wildman–Crippen MR) is 51.0 cm³/mol. The van der Waals surface area contributed by atoms with Crippen LogP contribution >= 0.6 is 0 Å². The van der Waals surface area contributed by atoms with Crippen LogP contribution in [0.5, 0.6) is 0 Å². The first-order valence-electron chi connectivity index (χ1n) is 3.82. The zero-order valence-corrected chi connectivity index (χ0v) is 7.47. The topological polar surface area (TPSA) is 34.1 Å². The van der Waals surface area contributed by atoms with E-state index in [9.17, 15) is 9.59 Å². The molecule has 1 fully saturated rings. The van der Waals surface area contributed by atoms with Crippen molar-refractivity contribution in [3.8, 4) is 0 Å². The van der Waals surface area contributed by atoms with Crippen LogP contribution in [0.4, 0.5) is 0 Å². The van der Waals surface area contributed by atoms with E-state index in [0.29, 0.717) is 25.7 Å². The van der Waals surface area contributed by atoms with Gasteiger partial charge < -0.3 is 0 Å². The molecule has 0 aromatic carbocycles. The van der Waals surface area contributed by atoms with Crippen molar-refractivity contribution in [1.29, 1.82) is 0 Å². The predicted octanol–water partition coefficient (Wildman–Crippen LogP) is 2.30. The van der Waals surface area contributed by atoms with Crippen molar-refractivity contribution in [3.05, 3.63) is 26.3 Å². The number of hydrogen-bond donors (Lipinski definition) is 0. The summed E-state index contributed by atoms with van der Waals surface area (Å²) in [5.41, 5.74) is 0. The Morgan fingerprint density at radius 2 is 0.833 bits per heavy atom. The molecule has 1 rings (SSSR count). The van der Waals surface area contributed by atoms with E-state index in [1.54, 1.807) is 0 Å². The Morgan fingerprint density at radius 1 is 0.667 bits per heavy atom. The summed E-state index contributed by atoms with van der Waals surface area (Å²) < 4.78 is 0. The molecule has 0 aromatic rings. The van der Waals surface area contributed by atoms with Crippen LogP contribution in [-0.2, 0) is 9.59 Å². The van der Waals surface area contributed by atoms with Crippen LogP contribution in [-0.4, -0.2) is 11.6 Å². The summed E-state index contributed by atoms with van der Waals surface area (Å²) in [6, 6.07) is 0. The highest BCUT2D eigenvalue weighted by atomic mass is 16.1. The Bertz CT molecular complexity index is 120. The molecule has 1 saturated carbocycles. The van der Waals surface area contributed by atoms with Crippen molar-refractivity contribution in [2.45, 2.75) is 25.7 Å². The van der Waals surface area contributed by atoms with Gasteiger partial charge in [-0.1, -0.05) is 0 Å². The van der Waals surface area contributed by atoms with Crippen LogP contribution < -0.4 is 0 Å². The van der Waals surface area contributed by atoms with Crippen LogP contribution in [0, 0.1) is 0 Å². The van der Waals surface area contributed by atoms with Crippen molar-refractivity contribution < 1.29 is 9.59 Å². The highest BCUT2D eigenvalue weighted by Gasteiger charge is 2.13. The lowest BCUT2D eigenvalue weighted by molar-refractivity contribution is -0.128. The number of Topliss-reactive ketones (excluding diaryl/α,β-unsaturated/α-hetero) is 2. The van der Waals surface area contributed by atoms with E-state index in [-0.39, 0.29) is 11.6 Å². The van der Waals surface area contributed by atoms with Gasteiger partial charge in [-0.15, -0.1) is 26.3 Å². The van der Waals surface area contributed by atoms with E-state index in [2.05, 4.69) is 26.3 Å². The van der Waals surface area contributed by atoms with Crippen LogP contribution in [0.15, 0.2) is 26.3 Å². The summed E-state index contributed by atoms with van der Waals surface area (Å²) in [5, 5.41) is 0. The van der Waals surface area contributed by atoms with Crippen LogP contribution in [0.25, 0.3) is 0 Å². The van der Waals surface area contributed by atoms with Gasteiger partial charge in [0.15, 0.2) is 0 Å². The first-order valence-corrected chi connectivity index (χ1v) is 3.82. The largest absolute Gasteiger partial charge is 0.300 e. The average Bonchev–Trinajstić information content (AvgIpc) is 2.17. The third kappa shape index (κ3) is 6.93. The molecule has 0 aromatic heterocycles. The molecule has 0 saturated heterocycles. The van der Waals surface area contributed by atoms with E-state index in [1.807, 2.05) is 0 Å². The highest BCUT2D eigenvalue weighted by Crippen LogP contribution is 2.08. The third-order valence-electron chi connectivity index (χ3n) is 1.37. The molecule has 0 spiro atoms. The molecule has 0 N–H and O–H groups in total. The maximum absolute atomic E-state index is 10.5. The molecule has 0 atom stereocenters. The molecule has 2 nitrogen and oxygen atoms in total. The lowest BCUT2D eigenvalue weighted by Crippen LogP contribution is -2.12. The van der Waals surface area contributed by atoms with Gasteiger partial charge in [-0.25, -0.2) is 0 Å². The summed E-state index contributed by atoms with van der Waals surface area (Å²) in [4.78, 5) is 20.9. The number of ketones is 2. The van der Waals surface area contributed by atoms with Gasteiger partial charge in [-0.2, -0.15) is 0 Å². The van der Waals surface area contributed by atoms with E-state index in [4.69, 9.17) is 0 Å². The van der Waals surface area contributed by atoms with Gasteiger partial charge in [0.2, 0.25) is 0 Å². The SMILES string of the molecule is C=C.C=C.O=C1CCC(=O)CC1. The Kier molecular flexibility index (Phi) is 11.0. The van der Waals surface area contributed by atoms with Gasteiger partial charge in [0, 0.05) is 25.7 Å². The van der Waals surface area contributed by atoms with E-state index in [0.717, 1.165) is 0 Å². The molecule has 0 bridgehead atoms. The minimum atomic E-state index is 0.240. The zero-order chi connectivity index (χ0) is 9.98. The van der Waals surface area contributed by atoms with Gasteiger partial charge >= 0.3 is 0 Å². The Labute approximate surface area is 74.0 Å². The first kappa shape index (κ1) is 13.4. The molecular formula is C10H16O2. The number of rotatable bonds is 0. The van der Waals surface area contributed by atoms with Gasteiger partial charge in [0.1, 0.15) is 11.6 Å². The normalized spacial score (nSPS) is 15.0. The molecule has 0 heterocycles. The fourth-order valence-corrected chi connectivity index (χ4v) is 0.808. The fourth-order valence-electron chi connectivity index (χ4n) is 0.808. The van der Waals surface area contributed by atoms with Gasteiger partial charge in [-0.05, 0) is 0 Å². The van der Waals surface area contributed by atoms with E-state index in [1.165, 1.54) is 0 Å². The average molecular weight is 168 g/mol. The quantitative estimate of drug-likeness (QED) is 0.520. The summed E-state index contributed by atoms with van der Waals surface area (Å²) in [7, 11) is 0. The molecular weight excluding hydrogens is 152 g/mol. The molecule has 0 amide bonds. The molecule has 1 aliphatic carbocycles. The van der Waals surface area contributed by atoms with Crippen LogP contribution in [0.1, 0.15) is 25.7 Å². The molecule has 12 heavy (non-hydrogen) atoms. The maximum Gasteiger partial charge on any atom is 0.133 e. The van der Waals surface area contributed by atoms with Crippen LogP contribution in [0.3, 0.4) is 0 Å². The smallest absolute Gasteiger partial charge is 0.133 e. The van der Waals surface area contributed by atoms with Gasteiger partial charge in [-0.3, -0.25) is 9.59 Å². The molecule has 0 unspecified atom stereocenters. The van der Waals surface area contributed by atoms with Crippen molar-refractivity contribution >= 4 is 11.6 Å². The van der Waals surface area contributed by atoms with Crippen LogP contribution in [0.2, 0.25) is 0 Å². The molecule has 0 aliphatic heterocycles. The Morgan fingerprint density at radius 3 is 1.00 bits per heavy atom. The lowest BCUT2D eigenvalue weighted by atomic mass is 9.98. The molecule has 68 valence electrons. The monoisotopic (exact) mass is 168 g/mol. The van der Waals surface area contributed by atoms with Crippen molar-refractivity contribution in [2.24, 2.45) is 0 Å². The minimum absolute atomic E-state index is 0.240. The number of carbonyl (C=O) groups is 2. The molecule has 0 radical (unpaired) electrons. The third-order valence-corrected chi connectivity index (χ3v) is 1.37. The maximum atomic E-state index is 10.5. The number of hydrogen-bond acceptors (Lipinski definition) is 2. The first-order chi connectivity index (χ1) is 5.79. The fraction of sp³-hybridized carbons (Fsp3) is 0.400. The second-order valence-corrected chi connectivity index (χ2v) is 2.08. The summed E-state index contributed by atoms with van der Waals surface area (Å²) >= 11 is 0. The van der Waals surface area contributed by atoms with Crippen molar-refractivity contribution in [2.75, 3.05) is 0 Å². The van der Waals surface area contributed by atoms with E-state index >= 15 is 0 Å². The van der Waals surface area contributed by atoms with E-state index < -0.39 is 0 Å². The summed E-state index contributed by atoms with van der Waals surface area (Å²) in [5.74, 6) is 0.481. The van der Waals surface area contributed by atoms with Gasteiger partial charge in [0.25, 0.3) is 0 Å². The lowest BCUT2D eigenvalue weighted by Gasteiger charge is -2.04. The van der Waals surface area contributed by atoms with Crippen molar-refractivity contribution in [1.82, 2.24) is 0 Å². The minimum Gasteiger partial charge on any atom is -0.300 e.